The maximum absolute atomic E-state index is 12.1. The molecule has 1 amide bonds. The summed E-state index contributed by atoms with van der Waals surface area (Å²) in [6.45, 7) is -0.222. The van der Waals surface area contributed by atoms with Gasteiger partial charge in [-0.1, -0.05) is 18.2 Å². The number of fused-ring (bicyclic) bond motifs is 1. The summed E-state index contributed by atoms with van der Waals surface area (Å²) < 4.78 is 1.27. The number of carbonyl (C=O) groups excluding carboxylic acids is 1. The van der Waals surface area contributed by atoms with Crippen LogP contribution in [0.25, 0.3) is 0 Å². The average molecular weight is 313 g/mol. The Balaban J connectivity index is 1.61. The summed E-state index contributed by atoms with van der Waals surface area (Å²) in [4.78, 5) is 22.7. The van der Waals surface area contributed by atoms with Gasteiger partial charge in [-0.25, -0.2) is 0 Å². The fraction of sp³-hybridized carbons (Fsp3) is 0.353. The van der Waals surface area contributed by atoms with Gasteiger partial charge in [-0.3, -0.25) is 14.3 Å². The molecule has 1 aliphatic rings. The third-order valence-electron chi connectivity index (χ3n) is 3.98. The van der Waals surface area contributed by atoms with Gasteiger partial charge in [-0.05, 0) is 42.4 Å². The highest BCUT2D eigenvalue weighted by molar-refractivity contribution is 5.91. The van der Waals surface area contributed by atoms with Crippen molar-refractivity contribution in [2.75, 3.05) is 5.32 Å². The van der Waals surface area contributed by atoms with Crippen molar-refractivity contribution in [2.24, 2.45) is 0 Å². The molecule has 0 bridgehead atoms. The molecule has 3 rings (SSSR count). The highest BCUT2D eigenvalue weighted by Gasteiger charge is 2.12. The molecule has 0 spiro atoms. The van der Waals surface area contributed by atoms with E-state index in [1.807, 2.05) is 6.07 Å². The van der Waals surface area contributed by atoms with Gasteiger partial charge in [0, 0.05) is 12.3 Å². The summed E-state index contributed by atoms with van der Waals surface area (Å²) >= 11 is 0. The molecular weight excluding hydrogens is 294 g/mol. The second-order valence-corrected chi connectivity index (χ2v) is 5.83. The molecule has 0 aliphatic heterocycles. The number of aryl methyl sites for hydroxylation is 2. The van der Waals surface area contributed by atoms with E-state index in [1.165, 1.54) is 34.8 Å². The predicted molar refractivity (Wildman–Crippen MR) is 85.3 cm³/mol. The minimum Gasteiger partial charge on any atom is -0.480 e. The van der Waals surface area contributed by atoms with E-state index in [2.05, 4.69) is 22.5 Å². The first-order valence-electron chi connectivity index (χ1n) is 7.76. The van der Waals surface area contributed by atoms with Gasteiger partial charge >= 0.3 is 5.97 Å². The van der Waals surface area contributed by atoms with Crippen molar-refractivity contribution in [1.82, 2.24) is 9.78 Å². The number of aliphatic carboxylic acids is 1. The van der Waals surface area contributed by atoms with Crippen LogP contribution in [-0.4, -0.2) is 26.8 Å². The molecule has 0 unspecified atom stereocenters. The first kappa shape index (κ1) is 15.3. The Hall–Kier alpha value is -2.63. The fourth-order valence-electron chi connectivity index (χ4n) is 2.92. The highest BCUT2D eigenvalue weighted by atomic mass is 16.4. The van der Waals surface area contributed by atoms with Gasteiger partial charge in [0.05, 0.1) is 6.42 Å². The normalized spacial score (nSPS) is 13.4. The lowest BCUT2D eigenvalue weighted by Gasteiger charge is -2.16. The van der Waals surface area contributed by atoms with Crippen LogP contribution in [0.1, 0.15) is 29.5 Å². The third-order valence-corrected chi connectivity index (χ3v) is 3.98. The van der Waals surface area contributed by atoms with E-state index in [9.17, 15) is 9.59 Å². The van der Waals surface area contributed by atoms with E-state index in [-0.39, 0.29) is 12.5 Å². The predicted octanol–water partition coefficient (Wildman–Crippen LogP) is 2.03. The zero-order valence-corrected chi connectivity index (χ0v) is 12.8. The van der Waals surface area contributed by atoms with Gasteiger partial charge in [0.2, 0.25) is 5.91 Å². The van der Waals surface area contributed by atoms with Crippen LogP contribution < -0.4 is 5.32 Å². The Labute approximate surface area is 134 Å². The highest BCUT2D eigenvalue weighted by Crippen LogP contribution is 2.22. The maximum atomic E-state index is 12.1. The molecular formula is C17H19N3O3. The van der Waals surface area contributed by atoms with E-state index in [0.29, 0.717) is 12.2 Å². The van der Waals surface area contributed by atoms with Gasteiger partial charge in [-0.2, -0.15) is 5.10 Å². The molecule has 1 aromatic heterocycles. The number of carboxylic acids is 1. The quantitative estimate of drug-likeness (QED) is 0.884. The molecule has 23 heavy (non-hydrogen) atoms. The third kappa shape index (κ3) is 3.97. The minimum atomic E-state index is -0.972. The number of nitrogens with zero attached hydrogens (tertiary/aromatic N) is 2. The van der Waals surface area contributed by atoms with Crippen molar-refractivity contribution in [3.63, 3.8) is 0 Å². The molecule has 1 aliphatic carbocycles. The maximum Gasteiger partial charge on any atom is 0.325 e. The molecule has 2 aromatic rings. The Morgan fingerprint density at radius 3 is 2.74 bits per heavy atom. The van der Waals surface area contributed by atoms with E-state index >= 15 is 0 Å². The molecule has 2 N–H and O–H groups in total. The van der Waals surface area contributed by atoms with Gasteiger partial charge in [0.25, 0.3) is 0 Å². The standard InChI is InChI=1S/C17H19N3O3/c21-16(18-15-7-8-20(19-15)11-17(22)23)10-12-5-6-13-3-1-2-4-14(13)9-12/h5-9H,1-4,10-11H2,(H,22,23)(H,18,19,21). The van der Waals surface area contributed by atoms with Crippen LogP contribution in [-0.2, 0) is 35.4 Å². The summed E-state index contributed by atoms with van der Waals surface area (Å²) in [5.41, 5.74) is 3.74. The number of hydrogen-bond acceptors (Lipinski definition) is 3. The summed E-state index contributed by atoms with van der Waals surface area (Å²) in [6.07, 6.45) is 6.49. The second-order valence-electron chi connectivity index (χ2n) is 5.83. The van der Waals surface area contributed by atoms with Gasteiger partial charge in [-0.15, -0.1) is 0 Å². The molecule has 0 atom stereocenters. The second kappa shape index (κ2) is 6.64. The largest absolute Gasteiger partial charge is 0.480 e. The molecule has 0 saturated heterocycles. The molecule has 6 heteroatoms. The van der Waals surface area contributed by atoms with Crippen molar-refractivity contribution in [2.45, 2.75) is 38.6 Å². The lowest BCUT2D eigenvalue weighted by molar-refractivity contribution is -0.137. The Morgan fingerprint density at radius 1 is 1.17 bits per heavy atom. The smallest absolute Gasteiger partial charge is 0.325 e. The van der Waals surface area contributed by atoms with Crippen LogP contribution >= 0.6 is 0 Å². The topological polar surface area (TPSA) is 84.2 Å². The molecule has 1 aromatic carbocycles. The lowest BCUT2D eigenvalue weighted by Crippen LogP contribution is -2.16. The molecule has 0 fully saturated rings. The summed E-state index contributed by atoms with van der Waals surface area (Å²) in [5, 5.41) is 15.4. The zero-order chi connectivity index (χ0) is 16.2. The van der Waals surface area contributed by atoms with Crippen molar-refractivity contribution >= 4 is 17.7 Å². The number of carboxylic acid groups (broad SMARTS) is 1. The number of rotatable bonds is 5. The first-order valence-corrected chi connectivity index (χ1v) is 7.76. The number of nitrogens with one attached hydrogen (secondary N) is 1. The van der Waals surface area contributed by atoms with Crippen molar-refractivity contribution in [3.05, 3.63) is 47.2 Å². The van der Waals surface area contributed by atoms with E-state index in [1.54, 1.807) is 6.07 Å². The molecule has 1 heterocycles. The molecule has 0 saturated carbocycles. The molecule has 0 radical (unpaired) electrons. The monoisotopic (exact) mass is 313 g/mol. The summed E-state index contributed by atoms with van der Waals surface area (Å²) in [6, 6.07) is 7.84. The number of benzene rings is 1. The van der Waals surface area contributed by atoms with Crippen LogP contribution in [0, 0.1) is 0 Å². The van der Waals surface area contributed by atoms with Crippen molar-refractivity contribution in [1.29, 1.82) is 0 Å². The number of aromatic nitrogens is 2. The average Bonchev–Trinajstić information content (AvgIpc) is 2.93. The Bertz CT molecular complexity index is 736. The van der Waals surface area contributed by atoms with Crippen LogP contribution in [0.15, 0.2) is 30.5 Å². The fourth-order valence-corrected chi connectivity index (χ4v) is 2.92. The first-order chi connectivity index (χ1) is 11.1. The number of anilines is 1. The van der Waals surface area contributed by atoms with Gasteiger partial charge in [0.1, 0.15) is 6.54 Å². The Kier molecular flexibility index (Phi) is 4.41. The number of amides is 1. The van der Waals surface area contributed by atoms with Gasteiger partial charge in [0.15, 0.2) is 5.82 Å². The van der Waals surface area contributed by atoms with E-state index in [0.717, 1.165) is 18.4 Å². The van der Waals surface area contributed by atoms with Gasteiger partial charge < -0.3 is 10.4 Å². The molecule has 6 nitrogen and oxygen atoms in total. The van der Waals surface area contributed by atoms with Crippen molar-refractivity contribution < 1.29 is 14.7 Å². The van der Waals surface area contributed by atoms with Crippen LogP contribution in [0.3, 0.4) is 0 Å². The molecule has 120 valence electrons. The summed E-state index contributed by atoms with van der Waals surface area (Å²) in [7, 11) is 0. The van der Waals surface area contributed by atoms with E-state index in [4.69, 9.17) is 5.11 Å². The number of carbonyl (C=O) groups is 2. The van der Waals surface area contributed by atoms with Crippen molar-refractivity contribution in [3.8, 4) is 0 Å². The lowest BCUT2D eigenvalue weighted by atomic mass is 9.90. The number of hydrogen-bond donors (Lipinski definition) is 2. The Morgan fingerprint density at radius 2 is 1.96 bits per heavy atom. The summed E-state index contributed by atoms with van der Waals surface area (Å²) in [5.74, 6) is -0.754. The van der Waals surface area contributed by atoms with Crippen LogP contribution in [0.5, 0.6) is 0 Å². The van der Waals surface area contributed by atoms with Crippen LogP contribution in [0.4, 0.5) is 5.82 Å². The zero-order valence-electron chi connectivity index (χ0n) is 12.8. The van der Waals surface area contributed by atoms with Crippen LogP contribution in [0.2, 0.25) is 0 Å². The minimum absolute atomic E-state index is 0.152. The van der Waals surface area contributed by atoms with E-state index < -0.39 is 5.97 Å². The SMILES string of the molecule is O=C(O)Cn1ccc(NC(=O)Cc2ccc3c(c2)CCCC3)n1.